The predicted molar refractivity (Wildman–Crippen MR) is 143 cm³/mol. The van der Waals surface area contributed by atoms with Crippen LogP contribution < -0.4 is 0 Å². The van der Waals surface area contributed by atoms with Crippen molar-refractivity contribution in [1.29, 1.82) is 0 Å². The van der Waals surface area contributed by atoms with Gasteiger partial charge in [-0.3, -0.25) is 9.80 Å². The summed E-state index contributed by atoms with van der Waals surface area (Å²) < 4.78 is 3.85. The van der Waals surface area contributed by atoms with E-state index in [9.17, 15) is 5.11 Å². The molecule has 5 aromatic rings. The van der Waals surface area contributed by atoms with Crippen molar-refractivity contribution in [3.63, 3.8) is 0 Å². The van der Waals surface area contributed by atoms with Crippen LogP contribution in [0.3, 0.4) is 0 Å². The Kier molecular flexibility index (Phi) is 6.77. The maximum Gasteiger partial charge on any atom is 0.168 e. The van der Waals surface area contributed by atoms with Crippen molar-refractivity contribution in [2.75, 3.05) is 32.7 Å². The molecule has 188 valence electrons. The standard InChI is InChI=1S/C29H31N7O/c37-25(20-36-22-32-26-28(30-21-31-29(26)36)35-13-7-8-14-35)19-33-15-17-34(18-16-33)27(23-9-3-1-4-10-23)24-11-5-2-6-12-24/h1-14,21-22,25,27,37H,15-20H2/t25-/m0/s1. The summed E-state index contributed by atoms with van der Waals surface area (Å²) in [5, 5.41) is 11.0. The topological polar surface area (TPSA) is 75.2 Å². The first-order chi connectivity index (χ1) is 18.3. The molecule has 0 radical (unpaired) electrons. The second kappa shape index (κ2) is 10.6. The van der Waals surface area contributed by atoms with Crippen molar-refractivity contribution in [3.8, 4) is 5.82 Å². The summed E-state index contributed by atoms with van der Waals surface area (Å²) in [6, 6.07) is 25.6. The van der Waals surface area contributed by atoms with Gasteiger partial charge in [0, 0.05) is 45.1 Å². The molecule has 0 saturated carbocycles. The van der Waals surface area contributed by atoms with Gasteiger partial charge in [-0.2, -0.15) is 0 Å². The maximum atomic E-state index is 11.0. The van der Waals surface area contributed by atoms with E-state index >= 15 is 0 Å². The molecule has 0 bridgehead atoms. The minimum atomic E-state index is -0.520. The van der Waals surface area contributed by atoms with Gasteiger partial charge in [0.2, 0.25) is 0 Å². The number of aliphatic hydroxyl groups excluding tert-OH is 1. The van der Waals surface area contributed by atoms with Gasteiger partial charge in [-0.25, -0.2) is 15.0 Å². The Labute approximate surface area is 216 Å². The lowest BCUT2D eigenvalue weighted by molar-refractivity contribution is 0.0560. The third-order valence-electron chi connectivity index (χ3n) is 7.11. The molecule has 0 unspecified atom stereocenters. The van der Waals surface area contributed by atoms with Crippen LogP contribution in [0.5, 0.6) is 0 Å². The van der Waals surface area contributed by atoms with Crippen molar-refractivity contribution < 1.29 is 5.11 Å². The van der Waals surface area contributed by atoms with Gasteiger partial charge in [-0.15, -0.1) is 0 Å². The van der Waals surface area contributed by atoms with Gasteiger partial charge in [0.05, 0.1) is 25.0 Å². The van der Waals surface area contributed by atoms with Crippen molar-refractivity contribution in [2.45, 2.75) is 18.7 Å². The second-order valence-corrected chi connectivity index (χ2v) is 9.57. The highest BCUT2D eigenvalue weighted by molar-refractivity contribution is 5.78. The molecule has 8 nitrogen and oxygen atoms in total. The average molecular weight is 494 g/mol. The van der Waals surface area contributed by atoms with E-state index in [1.54, 1.807) is 12.7 Å². The molecule has 1 saturated heterocycles. The van der Waals surface area contributed by atoms with Crippen LogP contribution in [0.15, 0.2) is 97.8 Å². The highest BCUT2D eigenvalue weighted by Crippen LogP contribution is 2.29. The largest absolute Gasteiger partial charge is 0.390 e. The number of aromatic nitrogens is 5. The van der Waals surface area contributed by atoms with Crippen LogP contribution in [-0.4, -0.2) is 77.8 Å². The molecule has 0 amide bonds. The Morgan fingerprint density at radius 3 is 2.03 bits per heavy atom. The monoisotopic (exact) mass is 493 g/mol. The number of nitrogens with zero attached hydrogens (tertiary/aromatic N) is 7. The molecule has 1 N–H and O–H groups in total. The molecule has 1 atom stereocenters. The molecule has 1 fully saturated rings. The van der Waals surface area contributed by atoms with E-state index in [0.29, 0.717) is 13.1 Å². The maximum absolute atomic E-state index is 11.0. The number of hydrogen-bond donors (Lipinski definition) is 1. The van der Waals surface area contributed by atoms with E-state index in [0.717, 1.165) is 43.2 Å². The lowest BCUT2D eigenvalue weighted by Crippen LogP contribution is -2.50. The summed E-state index contributed by atoms with van der Waals surface area (Å²) in [6.45, 7) is 4.78. The first-order valence-corrected chi connectivity index (χ1v) is 12.8. The molecule has 0 aliphatic carbocycles. The number of rotatable bonds is 8. The van der Waals surface area contributed by atoms with Gasteiger partial charge in [-0.05, 0) is 23.3 Å². The lowest BCUT2D eigenvalue weighted by atomic mass is 9.96. The zero-order valence-corrected chi connectivity index (χ0v) is 20.7. The Morgan fingerprint density at radius 1 is 0.730 bits per heavy atom. The number of fused-ring (bicyclic) bond motifs is 1. The Morgan fingerprint density at radius 2 is 1.38 bits per heavy atom. The van der Waals surface area contributed by atoms with Gasteiger partial charge in [0.15, 0.2) is 17.0 Å². The summed E-state index contributed by atoms with van der Waals surface area (Å²) in [6.07, 6.45) is 6.66. The Balaban J connectivity index is 1.10. The zero-order valence-electron chi connectivity index (χ0n) is 20.7. The van der Waals surface area contributed by atoms with Crippen molar-refractivity contribution in [2.24, 2.45) is 0 Å². The zero-order chi connectivity index (χ0) is 25.0. The Hall–Kier alpha value is -3.85. The van der Waals surface area contributed by atoms with E-state index in [-0.39, 0.29) is 6.04 Å². The molecule has 1 aliphatic heterocycles. The number of imidazole rings is 1. The molecule has 6 rings (SSSR count). The van der Waals surface area contributed by atoms with E-state index < -0.39 is 6.10 Å². The molecule has 1 aliphatic rings. The summed E-state index contributed by atoms with van der Waals surface area (Å²) in [5.41, 5.74) is 4.09. The van der Waals surface area contributed by atoms with Gasteiger partial charge in [0.25, 0.3) is 0 Å². The van der Waals surface area contributed by atoms with Gasteiger partial charge in [-0.1, -0.05) is 60.7 Å². The van der Waals surface area contributed by atoms with Crippen LogP contribution in [0.4, 0.5) is 0 Å². The molecule has 2 aromatic carbocycles. The van der Waals surface area contributed by atoms with Crippen LogP contribution in [0.25, 0.3) is 17.0 Å². The molecule has 0 spiro atoms. The van der Waals surface area contributed by atoms with Crippen LogP contribution in [0.2, 0.25) is 0 Å². The average Bonchev–Trinajstić information content (AvgIpc) is 3.62. The Bertz CT molecular complexity index is 1370. The van der Waals surface area contributed by atoms with Gasteiger partial charge >= 0.3 is 0 Å². The van der Waals surface area contributed by atoms with Crippen molar-refractivity contribution in [3.05, 3.63) is 109 Å². The second-order valence-electron chi connectivity index (χ2n) is 9.57. The van der Waals surface area contributed by atoms with Crippen LogP contribution >= 0.6 is 0 Å². The third-order valence-corrected chi connectivity index (χ3v) is 7.11. The first kappa shape index (κ1) is 23.5. The molecular weight excluding hydrogens is 462 g/mol. The highest BCUT2D eigenvalue weighted by Gasteiger charge is 2.27. The van der Waals surface area contributed by atoms with E-state index in [4.69, 9.17) is 0 Å². The van der Waals surface area contributed by atoms with Crippen LogP contribution in [-0.2, 0) is 6.54 Å². The predicted octanol–water partition coefficient (Wildman–Crippen LogP) is 3.39. The molecule has 37 heavy (non-hydrogen) atoms. The summed E-state index contributed by atoms with van der Waals surface area (Å²) >= 11 is 0. The van der Waals surface area contributed by atoms with Crippen LogP contribution in [0.1, 0.15) is 17.2 Å². The number of piperazine rings is 1. The third kappa shape index (κ3) is 5.04. The van der Waals surface area contributed by atoms with Gasteiger partial charge < -0.3 is 14.2 Å². The first-order valence-electron chi connectivity index (χ1n) is 12.8. The van der Waals surface area contributed by atoms with Crippen LogP contribution in [0, 0.1) is 0 Å². The molecular formula is C29H31N7O. The molecule has 3 aromatic heterocycles. The number of hydrogen-bond acceptors (Lipinski definition) is 6. The summed E-state index contributed by atoms with van der Waals surface area (Å²) in [7, 11) is 0. The van der Waals surface area contributed by atoms with Gasteiger partial charge in [0.1, 0.15) is 6.33 Å². The van der Waals surface area contributed by atoms with Crippen molar-refractivity contribution in [1.82, 2.24) is 33.9 Å². The SMILES string of the molecule is O[C@@H](CN1CCN(C(c2ccccc2)c2ccccc2)CC1)Cn1cnc2c(-n3cccc3)ncnc21. The normalized spacial score (nSPS) is 15.9. The number of β-amino-alcohol motifs (C(OH)–C–C–N with tert-alkyl or cyclic N) is 1. The number of aliphatic hydroxyl groups is 1. The molecule has 8 heteroatoms. The minimum absolute atomic E-state index is 0.237. The smallest absolute Gasteiger partial charge is 0.168 e. The fraction of sp³-hybridized carbons (Fsp3) is 0.276. The molecule has 4 heterocycles. The van der Waals surface area contributed by atoms with E-state index in [2.05, 4.69) is 85.4 Å². The lowest BCUT2D eigenvalue weighted by Gasteiger charge is -2.40. The van der Waals surface area contributed by atoms with Crippen molar-refractivity contribution >= 4 is 11.2 Å². The highest BCUT2D eigenvalue weighted by atomic mass is 16.3. The summed E-state index contributed by atoms with van der Waals surface area (Å²) in [4.78, 5) is 18.3. The van der Waals surface area contributed by atoms with E-state index in [1.807, 2.05) is 33.7 Å². The summed E-state index contributed by atoms with van der Waals surface area (Å²) in [5.74, 6) is 0.741. The number of benzene rings is 2. The minimum Gasteiger partial charge on any atom is -0.390 e. The quantitative estimate of drug-likeness (QED) is 0.357. The van der Waals surface area contributed by atoms with E-state index in [1.165, 1.54) is 11.1 Å². The fourth-order valence-corrected chi connectivity index (χ4v) is 5.34. The fourth-order valence-electron chi connectivity index (χ4n) is 5.34.